The molecule has 1 aromatic carbocycles. The highest BCUT2D eigenvalue weighted by Crippen LogP contribution is 2.24. The molecular formula is C19H32IN3O3S. The number of guanidine groups is 1. The van der Waals surface area contributed by atoms with E-state index in [-0.39, 0.29) is 29.7 Å². The van der Waals surface area contributed by atoms with E-state index in [0.717, 1.165) is 11.3 Å². The van der Waals surface area contributed by atoms with Gasteiger partial charge in [0.2, 0.25) is 0 Å². The van der Waals surface area contributed by atoms with Crippen LogP contribution in [0.1, 0.15) is 33.3 Å². The fraction of sp³-hybridized carbons (Fsp3) is 0.632. The van der Waals surface area contributed by atoms with Crippen LogP contribution in [0.15, 0.2) is 29.3 Å². The lowest BCUT2D eigenvalue weighted by molar-refractivity contribution is 0.268. The summed E-state index contributed by atoms with van der Waals surface area (Å²) in [6.07, 6.45) is 0. The molecule has 27 heavy (non-hydrogen) atoms. The number of hydrogen-bond acceptors (Lipinski definition) is 4. The van der Waals surface area contributed by atoms with Gasteiger partial charge in [-0.05, 0) is 25.8 Å². The lowest BCUT2D eigenvalue weighted by Gasteiger charge is -2.39. The zero-order chi connectivity index (χ0) is 19.4. The fourth-order valence-electron chi connectivity index (χ4n) is 2.88. The Labute approximate surface area is 180 Å². The molecule has 0 saturated carbocycles. The predicted molar refractivity (Wildman–Crippen MR) is 122 cm³/mol. The summed E-state index contributed by atoms with van der Waals surface area (Å²) in [6.45, 7) is 9.92. The maximum absolute atomic E-state index is 12.2. The Morgan fingerprint density at radius 3 is 2.59 bits per heavy atom. The molecule has 2 rings (SSSR count). The van der Waals surface area contributed by atoms with Crippen molar-refractivity contribution >= 4 is 39.8 Å². The van der Waals surface area contributed by atoms with E-state index < -0.39 is 14.6 Å². The maximum Gasteiger partial charge on any atom is 0.193 e. The van der Waals surface area contributed by atoms with Gasteiger partial charge in [-0.1, -0.05) is 32.0 Å². The SMILES string of the molecule is CN=C(NCc1ccccc1OCC(C)C)N1CCS(=O)(=O)C(C)(C)C1.I. The van der Waals surface area contributed by atoms with Crippen molar-refractivity contribution in [2.24, 2.45) is 10.9 Å². The van der Waals surface area contributed by atoms with Gasteiger partial charge in [0.05, 0.1) is 17.1 Å². The van der Waals surface area contributed by atoms with Crippen LogP contribution in [0.2, 0.25) is 0 Å². The summed E-state index contributed by atoms with van der Waals surface area (Å²) < 4.78 is 29.5. The molecule has 0 aromatic heterocycles. The second-order valence-corrected chi connectivity index (χ2v) is 10.5. The molecule has 0 spiro atoms. The summed E-state index contributed by atoms with van der Waals surface area (Å²) in [5.74, 6) is 2.19. The first-order valence-corrected chi connectivity index (χ1v) is 10.7. The average Bonchev–Trinajstić information content (AvgIpc) is 2.57. The van der Waals surface area contributed by atoms with Gasteiger partial charge in [-0.2, -0.15) is 0 Å². The molecule has 0 bridgehead atoms. The van der Waals surface area contributed by atoms with Crippen molar-refractivity contribution < 1.29 is 13.2 Å². The molecule has 0 radical (unpaired) electrons. The molecule has 1 aliphatic rings. The van der Waals surface area contributed by atoms with Gasteiger partial charge in [-0.25, -0.2) is 8.42 Å². The third-order valence-corrected chi connectivity index (χ3v) is 7.07. The van der Waals surface area contributed by atoms with Crippen molar-refractivity contribution in [2.45, 2.75) is 39.0 Å². The molecule has 1 heterocycles. The topological polar surface area (TPSA) is 71.0 Å². The van der Waals surface area contributed by atoms with E-state index in [0.29, 0.717) is 38.1 Å². The minimum absolute atomic E-state index is 0. The molecular weight excluding hydrogens is 477 g/mol. The number of hydrogen-bond donors (Lipinski definition) is 1. The zero-order valence-corrected chi connectivity index (χ0v) is 20.0. The molecule has 0 amide bonds. The highest BCUT2D eigenvalue weighted by atomic mass is 127. The molecule has 154 valence electrons. The minimum Gasteiger partial charge on any atom is -0.493 e. The van der Waals surface area contributed by atoms with Crippen LogP contribution in [0.4, 0.5) is 0 Å². The molecule has 1 N–H and O–H groups in total. The van der Waals surface area contributed by atoms with Crippen LogP contribution >= 0.6 is 24.0 Å². The number of benzene rings is 1. The summed E-state index contributed by atoms with van der Waals surface area (Å²) in [6, 6.07) is 7.95. The van der Waals surface area contributed by atoms with Crippen molar-refractivity contribution in [3.63, 3.8) is 0 Å². The van der Waals surface area contributed by atoms with Crippen LogP contribution in [0, 0.1) is 5.92 Å². The molecule has 1 fully saturated rings. The Morgan fingerprint density at radius 1 is 1.33 bits per heavy atom. The van der Waals surface area contributed by atoms with E-state index in [9.17, 15) is 8.42 Å². The molecule has 0 aliphatic carbocycles. The van der Waals surface area contributed by atoms with E-state index in [1.807, 2.05) is 29.2 Å². The molecule has 1 aromatic rings. The highest BCUT2D eigenvalue weighted by Gasteiger charge is 2.40. The Hall–Kier alpha value is -1.03. The van der Waals surface area contributed by atoms with Gasteiger partial charge >= 0.3 is 0 Å². The van der Waals surface area contributed by atoms with Gasteiger partial charge in [-0.3, -0.25) is 4.99 Å². The Morgan fingerprint density at radius 2 is 2.00 bits per heavy atom. The Balaban J connectivity index is 0.00000364. The zero-order valence-electron chi connectivity index (χ0n) is 16.9. The summed E-state index contributed by atoms with van der Waals surface area (Å²) in [5, 5.41) is 3.35. The predicted octanol–water partition coefficient (Wildman–Crippen LogP) is 2.92. The third kappa shape index (κ3) is 6.23. The number of sulfone groups is 1. The minimum atomic E-state index is -3.07. The van der Waals surface area contributed by atoms with E-state index in [2.05, 4.69) is 24.2 Å². The van der Waals surface area contributed by atoms with E-state index in [1.54, 1.807) is 20.9 Å². The first-order chi connectivity index (χ1) is 12.2. The highest BCUT2D eigenvalue weighted by molar-refractivity contribution is 14.0. The van der Waals surface area contributed by atoms with E-state index in [1.165, 1.54) is 0 Å². The lowest BCUT2D eigenvalue weighted by Crippen LogP contribution is -2.57. The second-order valence-electron chi connectivity index (χ2n) is 7.71. The Kier molecular flexibility index (Phi) is 8.85. The van der Waals surface area contributed by atoms with Crippen LogP contribution in [0.5, 0.6) is 5.75 Å². The first-order valence-electron chi connectivity index (χ1n) is 9.05. The maximum atomic E-state index is 12.2. The number of nitrogens with zero attached hydrogens (tertiary/aromatic N) is 2. The van der Waals surface area contributed by atoms with Crippen LogP contribution in [-0.2, 0) is 16.4 Å². The fourth-order valence-corrected chi connectivity index (χ4v) is 4.24. The van der Waals surface area contributed by atoms with Gasteiger partial charge in [-0.15, -0.1) is 24.0 Å². The summed E-state index contributed by atoms with van der Waals surface area (Å²) >= 11 is 0. The van der Waals surface area contributed by atoms with Crippen molar-refractivity contribution in [3.05, 3.63) is 29.8 Å². The number of rotatable bonds is 5. The smallest absolute Gasteiger partial charge is 0.193 e. The van der Waals surface area contributed by atoms with Crippen LogP contribution in [0.3, 0.4) is 0 Å². The Bertz CT molecular complexity index is 748. The number of ether oxygens (including phenoxy) is 1. The van der Waals surface area contributed by atoms with Gasteiger partial charge in [0.15, 0.2) is 15.8 Å². The van der Waals surface area contributed by atoms with Gasteiger partial charge < -0.3 is 15.0 Å². The molecule has 0 unspecified atom stereocenters. The first kappa shape index (κ1) is 24.0. The summed E-state index contributed by atoms with van der Waals surface area (Å²) in [4.78, 5) is 6.35. The number of para-hydroxylation sites is 1. The summed E-state index contributed by atoms with van der Waals surface area (Å²) in [7, 11) is -1.35. The number of nitrogens with one attached hydrogen (secondary N) is 1. The normalized spacial score (nSPS) is 18.7. The van der Waals surface area contributed by atoms with Gasteiger partial charge in [0, 0.05) is 32.2 Å². The van der Waals surface area contributed by atoms with Gasteiger partial charge in [0.25, 0.3) is 0 Å². The summed E-state index contributed by atoms with van der Waals surface area (Å²) in [5.41, 5.74) is 1.05. The van der Waals surface area contributed by atoms with Gasteiger partial charge in [0.1, 0.15) is 5.75 Å². The van der Waals surface area contributed by atoms with Crippen LogP contribution < -0.4 is 10.1 Å². The van der Waals surface area contributed by atoms with Crippen molar-refractivity contribution in [3.8, 4) is 5.75 Å². The molecule has 0 atom stereocenters. The number of halogens is 1. The van der Waals surface area contributed by atoms with Crippen molar-refractivity contribution in [1.29, 1.82) is 0 Å². The van der Waals surface area contributed by atoms with E-state index in [4.69, 9.17) is 4.74 Å². The largest absolute Gasteiger partial charge is 0.493 e. The molecule has 6 nitrogen and oxygen atoms in total. The monoisotopic (exact) mass is 509 g/mol. The quantitative estimate of drug-likeness (QED) is 0.376. The van der Waals surface area contributed by atoms with Crippen molar-refractivity contribution in [2.75, 3.05) is 32.5 Å². The average molecular weight is 509 g/mol. The standard InChI is InChI=1S/C19H31N3O3S.HI/c1-15(2)13-25-17-9-7-6-8-16(17)12-21-18(20-5)22-10-11-26(23,24)19(3,4)14-22;/h6-9,15H,10-14H2,1-5H3,(H,20,21);1H. The van der Waals surface area contributed by atoms with Crippen molar-refractivity contribution in [1.82, 2.24) is 10.2 Å². The molecule has 1 aliphatic heterocycles. The van der Waals surface area contributed by atoms with E-state index >= 15 is 0 Å². The number of aliphatic imine (C=N–C) groups is 1. The third-order valence-electron chi connectivity index (χ3n) is 4.54. The van der Waals surface area contributed by atoms with Crippen LogP contribution in [-0.4, -0.2) is 56.5 Å². The molecule has 1 saturated heterocycles. The van der Waals surface area contributed by atoms with Crippen LogP contribution in [0.25, 0.3) is 0 Å². The lowest BCUT2D eigenvalue weighted by atomic mass is 10.2. The second kappa shape index (κ2) is 9.95. The molecule has 8 heteroatoms.